The van der Waals surface area contributed by atoms with E-state index in [-0.39, 0.29) is 36.4 Å². The van der Waals surface area contributed by atoms with Crippen LogP contribution in [0.3, 0.4) is 0 Å². The summed E-state index contributed by atoms with van der Waals surface area (Å²) in [5.74, 6) is -0.290. The highest BCUT2D eigenvalue weighted by molar-refractivity contribution is 6.31. The third-order valence-electron chi connectivity index (χ3n) is 7.01. The standard InChI is InChI=1S/C29H30ClFN6O3/c1-19-15-16-25(40-19)27(29(39)32-21-10-3-2-4-11-21)36(17-20-9-5-7-13-23(20)30)26(38)18-37-34-28(33-35-37)22-12-6-8-14-24(22)31/h5-9,12-16,21,27H,2-4,10-11,17-18H2,1H3,(H,32,39)/t27-/m0/s1. The van der Waals surface area contributed by atoms with Gasteiger partial charge in [-0.3, -0.25) is 9.59 Å². The second kappa shape index (κ2) is 12.4. The van der Waals surface area contributed by atoms with Gasteiger partial charge in [-0.1, -0.05) is 61.2 Å². The predicted molar refractivity (Wildman–Crippen MR) is 146 cm³/mol. The molecule has 9 nitrogen and oxygen atoms in total. The van der Waals surface area contributed by atoms with Crippen LogP contribution < -0.4 is 5.32 Å². The molecule has 2 aromatic carbocycles. The van der Waals surface area contributed by atoms with Crippen molar-refractivity contribution in [1.29, 1.82) is 0 Å². The van der Waals surface area contributed by atoms with E-state index in [9.17, 15) is 14.0 Å². The molecule has 1 fully saturated rings. The first-order chi connectivity index (χ1) is 19.4. The lowest BCUT2D eigenvalue weighted by Crippen LogP contribution is -2.47. The zero-order valence-corrected chi connectivity index (χ0v) is 22.9. The number of aromatic nitrogens is 4. The number of aryl methyl sites for hydroxylation is 1. The Kier molecular flexibility index (Phi) is 8.54. The Labute approximate surface area is 236 Å². The third-order valence-corrected chi connectivity index (χ3v) is 7.37. The lowest BCUT2D eigenvalue weighted by Gasteiger charge is -2.32. The van der Waals surface area contributed by atoms with Crippen molar-refractivity contribution in [1.82, 2.24) is 30.4 Å². The molecule has 0 bridgehead atoms. The van der Waals surface area contributed by atoms with Gasteiger partial charge in [-0.25, -0.2) is 4.39 Å². The van der Waals surface area contributed by atoms with Crippen molar-refractivity contribution in [2.75, 3.05) is 0 Å². The summed E-state index contributed by atoms with van der Waals surface area (Å²) >= 11 is 6.47. The quantitative estimate of drug-likeness (QED) is 0.297. The maximum atomic E-state index is 14.3. The second-order valence-corrected chi connectivity index (χ2v) is 10.3. The van der Waals surface area contributed by atoms with Gasteiger partial charge in [0, 0.05) is 17.6 Å². The molecule has 0 unspecified atom stereocenters. The molecule has 1 aliphatic carbocycles. The average molecular weight is 565 g/mol. The van der Waals surface area contributed by atoms with Gasteiger partial charge in [0.1, 0.15) is 23.9 Å². The lowest BCUT2D eigenvalue weighted by atomic mass is 9.95. The van der Waals surface area contributed by atoms with Gasteiger partial charge in [-0.2, -0.15) is 4.80 Å². The number of nitrogens with one attached hydrogen (secondary N) is 1. The lowest BCUT2D eigenvalue weighted by molar-refractivity contribution is -0.143. The summed E-state index contributed by atoms with van der Waals surface area (Å²) in [5.41, 5.74) is 0.833. The Bertz CT molecular complexity index is 1480. The van der Waals surface area contributed by atoms with Crippen LogP contribution >= 0.6 is 11.6 Å². The summed E-state index contributed by atoms with van der Waals surface area (Å²) in [5, 5.41) is 15.7. The Balaban J connectivity index is 1.47. The van der Waals surface area contributed by atoms with E-state index in [2.05, 4.69) is 20.7 Å². The number of amides is 2. The van der Waals surface area contributed by atoms with Gasteiger partial charge in [-0.15, -0.1) is 10.2 Å². The molecular formula is C29H30ClFN6O3. The molecule has 2 amide bonds. The zero-order valence-electron chi connectivity index (χ0n) is 22.1. The van der Waals surface area contributed by atoms with Crippen molar-refractivity contribution in [3.63, 3.8) is 0 Å². The molecule has 2 heterocycles. The predicted octanol–water partition coefficient (Wildman–Crippen LogP) is 5.25. The number of carbonyl (C=O) groups is 2. The molecule has 1 atom stereocenters. The Morgan fingerprint density at radius 1 is 1.10 bits per heavy atom. The minimum absolute atomic E-state index is 0.0254. The Hall–Kier alpha value is -4.05. The van der Waals surface area contributed by atoms with E-state index in [1.165, 1.54) is 17.0 Å². The van der Waals surface area contributed by atoms with Crippen molar-refractivity contribution in [3.05, 3.63) is 88.6 Å². The van der Waals surface area contributed by atoms with E-state index in [0.717, 1.165) is 36.9 Å². The number of benzene rings is 2. The molecule has 1 aliphatic rings. The maximum Gasteiger partial charge on any atom is 0.250 e. The van der Waals surface area contributed by atoms with E-state index in [1.54, 1.807) is 49.4 Å². The summed E-state index contributed by atoms with van der Waals surface area (Å²) in [7, 11) is 0. The highest BCUT2D eigenvalue weighted by atomic mass is 35.5. The first-order valence-electron chi connectivity index (χ1n) is 13.3. The topological polar surface area (TPSA) is 106 Å². The van der Waals surface area contributed by atoms with Crippen molar-refractivity contribution < 1.29 is 18.4 Å². The van der Waals surface area contributed by atoms with Crippen LogP contribution in [0.2, 0.25) is 5.02 Å². The number of nitrogens with zero attached hydrogens (tertiary/aromatic N) is 5. The minimum Gasteiger partial charge on any atom is -0.464 e. The smallest absolute Gasteiger partial charge is 0.250 e. The van der Waals surface area contributed by atoms with Gasteiger partial charge < -0.3 is 14.6 Å². The fraction of sp³-hybridized carbons (Fsp3) is 0.345. The Morgan fingerprint density at radius 3 is 2.58 bits per heavy atom. The molecule has 2 aromatic heterocycles. The molecule has 0 saturated heterocycles. The maximum absolute atomic E-state index is 14.3. The highest BCUT2D eigenvalue weighted by Crippen LogP contribution is 2.29. The van der Waals surface area contributed by atoms with Crippen molar-refractivity contribution in [2.45, 2.75) is 64.2 Å². The van der Waals surface area contributed by atoms with Gasteiger partial charge in [0.05, 0.1) is 5.56 Å². The number of halogens is 2. The summed E-state index contributed by atoms with van der Waals surface area (Å²) in [6.07, 6.45) is 5.00. The second-order valence-electron chi connectivity index (χ2n) is 9.93. The molecule has 11 heteroatoms. The summed E-state index contributed by atoms with van der Waals surface area (Å²) < 4.78 is 20.2. The minimum atomic E-state index is -1.06. The SMILES string of the molecule is Cc1ccc([C@@H](C(=O)NC2CCCCC2)N(Cc2ccccc2Cl)C(=O)Cn2nnc(-c3ccccc3F)n2)o1. The van der Waals surface area contributed by atoms with Gasteiger partial charge >= 0.3 is 0 Å². The molecular weight excluding hydrogens is 535 g/mol. The molecule has 0 radical (unpaired) electrons. The van der Waals surface area contributed by atoms with Crippen molar-refractivity contribution >= 4 is 23.4 Å². The zero-order chi connectivity index (χ0) is 28.1. The number of hydrogen-bond donors (Lipinski definition) is 1. The van der Waals surface area contributed by atoms with Gasteiger partial charge in [0.25, 0.3) is 5.91 Å². The third kappa shape index (κ3) is 6.39. The van der Waals surface area contributed by atoms with E-state index in [0.29, 0.717) is 22.1 Å². The van der Waals surface area contributed by atoms with Crippen LogP contribution in [0.15, 0.2) is 65.1 Å². The number of tetrazole rings is 1. The van der Waals surface area contributed by atoms with E-state index in [1.807, 2.05) is 6.07 Å². The summed E-state index contributed by atoms with van der Waals surface area (Å²) in [6.45, 7) is 1.48. The van der Waals surface area contributed by atoms with Crippen LogP contribution in [0, 0.1) is 12.7 Å². The van der Waals surface area contributed by atoms with Gasteiger partial charge in [0.15, 0.2) is 6.04 Å². The molecule has 208 valence electrons. The van der Waals surface area contributed by atoms with Crippen LogP contribution in [0.5, 0.6) is 0 Å². The number of furan rings is 1. The van der Waals surface area contributed by atoms with Crippen LogP contribution in [0.1, 0.15) is 55.2 Å². The molecule has 1 N–H and O–H groups in total. The summed E-state index contributed by atoms with van der Waals surface area (Å²) in [6, 6.07) is 15.6. The molecule has 1 saturated carbocycles. The van der Waals surface area contributed by atoms with E-state index < -0.39 is 17.8 Å². The van der Waals surface area contributed by atoms with Crippen LogP contribution in [0.4, 0.5) is 4.39 Å². The summed E-state index contributed by atoms with van der Waals surface area (Å²) in [4.78, 5) is 30.3. The molecule has 0 spiro atoms. The van der Waals surface area contributed by atoms with E-state index in [4.69, 9.17) is 16.0 Å². The highest BCUT2D eigenvalue weighted by Gasteiger charge is 2.36. The fourth-order valence-corrected chi connectivity index (χ4v) is 5.15. The van der Waals surface area contributed by atoms with Crippen LogP contribution in [-0.4, -0.2) is 43.0 Å². The number of rotatable bonds is 9. The number of hydrogen-bond acceptors (Lipinski definition) is 6. The average Bonchev–Trinajstić information content (AvgIpc) is 3.59. The molecule has 40 heavy (non-hydrogen) atoms. The van der Waals surface area contributed by atoms with Crippen LogP contribution in [0.25, 0.3) is 11.4 Å². The van der Waals surface area contributed by atoms with Gasteiger partial charge in [-0.05, 0) is 60.9 Å². The largest absolute Gasteiger partial charge is 0.464 e. The monoisotopic (exact) mass is 564 g/mol. The van der Waals surface area contributed by atoms with Crippen molar-refractivity contribution in [3.8, 4) is 11.4 Å². The fourth-order valence-electron chi connectivity index (χ4n) is 4.96. The van der Waals surface area contributed by atoms with Crippen molar-refractivity contribution in [2.24, 2.45) is 0 Å². The number of carbonyl (C=O) groups excluding carboxylic acids is 2. The first-order valence-corrected chi connectivity index (χ1v) is 13.7. The molecule has 0 aliphatic heterocycles. The molecule has 4 aromatic rings. The van der Waals surface area contributed by atoms with Crippen LogP contribution in [-0.2, 0) is 22.7 Å². The van der Waals surface area contributed by atoms with E-state index >= 15 is 0 Å². The molecule has 5 rings (SSSR count). The first kappa shape index (κ1) is 27.5. The Morgan fingerprint density at radius 2 is 1.85 bits per heavy atom. The van der Waals surface area contributed by atoms with Gasteiger partial charge in [0.2, 0.25) is 11.7 Å². The normalized spacial score (nSPS) is 14.6.